The van der Waals surface area contributed by atoms with Crippen LogP contribution in [0.2, 0.25) is 5.28 Å². The zero-order chi connectivity index (χ0) is 28.8. The van der Waals surface area contributed by atoms with Crippen molar-refractivity contribution in [2.45, 2.75) is 51.4 Å². The van der Waals surface area contributed by atoms with E-state index < -0.39 is 34.0 Å². The maximum atomic E-state index is 14.1. The van der Waals surface area contributed by atoms with E-state index in [1.807, 2.05) is 4.90 Å². The molecule has 3 heterocycles. The molecule has 13 heteroatoms. The molecule has 1 aliphatic carbocycles. The molecule has 5 atom stereocenters. The van der Waals surface area contributed by atoms with Gasteiger partial charge in [0.25, 0.3) is 0 Å². The van der Waals surface area contributed by atoms with Crippen LogP contribution in [0.4, 0.5) is 24.7 Å². The zero-order valence-corrected chi connectivity index (χ0v) is 24.0. The molecule has 1 saturated heterocycles. The first-order valence-corrected chi connectivity index (χ1v) is 15.4. The first-order chi connectivity index (χ1) is 18.9. The molecule has 0 spiro atoms. The van der Waals surface area contributed by atoms with E-state index in [1.54, 1.807) is 13.2 Å². The first kappa shape index (κ1) is 29.1. The number of hydrogen-bond acceptors (Lipinski definition) is 7. The van der Waals surface area contributed by atoms with Crippen molar-refractivity contribution in [2.24, 2.45) is 17.3 Å². The molecule has 2 aromatic rings. The third-order valence-corrected chi connectivity index (χ3v) is 9.43. The summed E-state index contributed by atoms with van der Waals surface area (Å²) in [4.78, 5) is 24.6. The van der Waals surface area contributed by atoms with Gasteiger partial charge in [-0.2, -0.15) is 13.2 Å². The molecule has 2 aliphatic heterocycles. The van der Waals surface area contributed by atoms with E-state index in [0.29, 0.717) is 66.9 Å². The molecule has 40 heavy (non-hydrogen) atoms. The molecule has 8 nitrogen and oxygen atoms in total. The topological polar surface area (TPSA) is 110 Å². The summed E-state index contributed by atoms with van der Waals surface area (Å²) in [6.07, 6.45) is 0.0757. The van der Waals surface area contributed by atoms with Gasteiger partial charge >= 0.3 is 6.18 Å². The van der Waals surface area contributed by atoms with E-state index in [2.05, 4.69) is 15.3 Å². The number of carbonyl (C=O) groups excluding carboxylic acids is 1. The molecule has 1 amide bonds. The number of ether oxygens (including phenoxy) is 1. The quantitative estimate of drug-likeness (QED) is 0.353. The normalized spacial score (nSPS) is 25.8. The maximum Gasteiger partial charge on any atom is 0.416 e. The lowest BCUT2D eigenvalue weighted by atomic mass is 9.78. The Morgan fingerprint density at radius 2 is 2.12 bits per heavy atom. The van der Waals surface area contributed by atoms with Gasteiger partial charge in [0.15, 0.2) is 0 Å². The highest BCUT2D eigenvalue weighted by Gasteiger charge is 2.57. The Morgan fingerprint density at radius 1 is 1.35 bits per heavy atom. The third-order valence-electron chi connectivity index (χ3n) is 8.45. The molecule has 3 aliphatic rings. The number of nitrogen functional groups attached to an aromatic ring is 1. The van der Waals surface area contributed by atoms with Crippen molar-refractivity contribution in [3.05, 3.63) is 45.9 Å². The summed E-state index contributed by atoms with van der Waals surface area (Å²) in [5, 5.41) is 3.21. The molecule has 2 unspecified atom stereocenters. The zero-order valence-electron chi connectivity index (χ0n) is 22.4. The molecule has 2 fully saturated rings. The van der Waals surface area contributed by atoms with Crippen LogP contribution in [0, 0.1) is 17.3 Å². The van der Waals surface area contributed by atoms with Crippen molar-refractivity contribution < 1.29 is 26.9 Å². The molecule has 0 bridgehead atoms. The number of aromatic nitrogens is 2. The largest absolute Gasteiger partial charge is 0.416 e. The Morgan fingerprint density at radius 3 is 2.85 bits per heavy atom. The Kier molecular flexibility index (Phi) is 8.06. The van der Waals surface area contributed by atoms with E-state index in [9.17, 15) is 22.2 Å². The lowest BCUT2D eigenvalue weighted by Crippen LogP contribution is -2.48. The number of hydrogen-bond donors (Lipinski definition) is 2. The fourth-order valence-corrected chi connectivity index (χ4v) is 7.28. The molecule has 1 aromatic carbocycles. The molecule has 3 N–H and O–H groups in total. The monoisotopic (exact) mass is 599 g/mol. The lowest BCUT2D eigenvalue weighted by Gasteiger charge is -2.37. The number of amides is 1. The fraction of sp³-hybridized carbons (Fsp3) is 0.593. The van der Waals surface area contributed by atoms with Crippen LogP contribution in [-0.2, 0) is 39.5 Å². The van der Waals surface area contributed by atoms with Crippen molar-refractivity contribution in [3.8, 4) is 0 Å². The van der Waals surface area contributed by atoms with E-state index in [0.717, 1.165) is 25.0 Å². The van der Waals surface area contributed by atoms with Crippen molar-refractivity contribution in [3.63, 3.8) is 0 Å². The summed E-state index contributed by atoms with van der Waals surface area (Å²) < 4.78 is 57.6. The highest BCUT2D eigenvalue weighted by Crippen LogP contribution is 2.53. The Hall–Kier alpha value is -2.44. The van der Waals surface area contributed by atoms with Gasteiger partial charge in [0.2, 0.25) is 11.2 Å². The molecular formula is C27H33ClF3N5O3S. The van der Waals surface area contributed by atoms with E-state index in [4.69, 9.17) is 22.1 Å². The van der Waals surface area contributed by atoms with Crippen molar-refractivity contribution in [1.29, 1.82) is 0 Å². The Balaban J connectivity index is 1.37. The summed E-state index contributed by atoms with van der Waals surface area (Å²) in [7, 11) is -0.873. The average Bonchev–Trinajstić information content (AvgIpc) is 3.44. The van der Waals surface area contributed by atoms with Gasteiger partial charge < -0.3 is 20.7 Å². The summed E-state index contributed by atoms with van der Waals surface area (Å²) >= 11 is 6.21. The van der Waals surface area contributed by atoms with Crippen LogP contribution in [0.1, 0.15) is 54.6 Å². The van der Waals surface area contributed by atoms with Crippen LogP contribution in [0.25, 0.3) is 0 Å². The minimum absolute atomic E-state index is 0.00522. The fourth-order valence-electron chi connectivity index (χ4n) is 6.43. The van der Waals surface area contributed by atoms with Crippen LogP contribution in [-0.4, -0.2) is 56.8 Å². The second kappa shape index (κ2) is 11.1. The summed E-state index contributed by atoms with van der Waals surface area (Å²) in [5.74, 6) is 1.51. The van der Waals surface area contributed by atoms with Crippen LogP contribution in [0.3, 0.4) is 0 Å². The van der Waals surface area contributed by atoms with Gasteiger partial charge in [-0.05, 0) is 73.4 Å². The molecular weight excluding hydrogens is 567 g/mol. The molecule has 218 valence electrons. The number of nitrogens with zero attached hydrogens (tertiary/aromatic N) is 3. The number of benzene rings is 1. The van der Waals surface area contributed by atoms with Gasteiger partial charge in [-0.1, -0.05) is 0 Å². The number of nitrogens with two attached hydrogens (primary N) is 1. The summed E-state index contributed by atoms with van der Waals surface area (Å²) in [6, 6.07) is 2.86. The predicted molar refractivity (Wildman–Crippen MR) is 147 cm³/mol. The molecule has 0 radical (unpaired) electrons. The first-order valence-electron chi connectivity index (χ1n) is 13.3. The average molecular weight is 600 g/mol. The number of halogens is 4. The minimum atomic E-state index is -4.53. The van der Waals surface area contributed by atoms with Crippen LogP contribution in [0.5, 0.6) is 0 Å². The van der Waals surface area contributed by atoms with E-state index in [1.165, 1.54) is 6.07 Å². The number of nitrogens with one attached hydrogen (secondary N) is 1. The summed E-state index contributed by atoms with van der Waals surface area (Å²) in [6.45, 7) is 3.36. The Labute approximate surface area is 238 Å². The van der Waals surface area contributed by atoms with Crippen LogP contribution >= 0.6 is 11.6 Å². The van der Waals surface area contributed by atoms with E-state index >= 15 is 0 Å². The van der Waals surface area contributed by atoms with Gasteiger partial charge in [-0.25, -0.2) is 9.97 Å². The molecule has 1 saturated carbocycles. The summed E-state index contributed by atoms with van der Waals surface area (Å²) in [5.41, 5.74) is 6.09. The molecule has 1 aromatic heterocycles. The maximum absolute atomic E-state index is 14.1. The SMILES string of the molecule is C[C@@H](Nc1nc(Cl)nc2c1CN(C(=O)[C@@]13COC[C@@H]1CC(CCS(C)=O)C3)CC2)c1cc(N)cc(C(F)(F)F)c1. The van der Waals surface area contributed by atoms with Crippen molar-refractivity contribution in [2.75, 3.05) is 42.8 Å². The minimum Gasteiger partial charge on any atom is -0.399 e. The second-order valence-corrected chi connectivity index (χ2v) is 13.1. The number of anilines is 2. The number of rotatable bonds is 7. The van der Waals surface area contributed by atoms with Crippen LogP contribution < -0.4 is 11.1 Å². The number of alkyl halides is 3. The van der Waals surface area contributed by atoms with Gasteiger partial charge in [-0.3, -0.25) is 9.00 Å². The standard InChI is InChI=1S/C27H33ClF3N5O3S/c1-15(17-8-18(27(29,30)31)10-20(32)9-17)33-23-21-12-36(5-3-22(21)34-25(28)35-23)24(37)26-11-16(4-6-40(2)38)7-19(26)13-39-14-26/h8-10,15-16,19H,3-7,11-14,32H2,1-2H3,(H,33,34,35)/t15-,16?,19+,26+,40?/m1/s1. The van der Waals surface area contributed by atoms with Gasteiger partial charge in [-0.15, -0.1) is 0 Å². The van der Waals surface area contributed by atoms with Gasteiger partial charge in [0.05, 0.1) is 42.5 Å². The predicted octanol–water partition coefficient (Wildman–Crippen LogP) is 4.60. The smallest absolute Gasteiger partial charge is 0.399 e. The van der Waals surface area contributed by atoms with Gasteiger partial charge in [0.1, 0.15) is 5.82 Å². The Bertz CT molecular complexity index is 1330. The lowest BCUT2D eigenvalue weighted by molar-refractivity contribution is -0.144. The van der Waals surface area contributed by atoms with Crippen molar-refractivity contribution in [1.82, 2.24) is 14.9 Å². The third kappa shape index (κ3) is 5.80. The van der Waals surface area contributed by atoms with Crippen LogP contribution in [0.15, 0.2) is 18.2 Å². The number of carbonyl (C=O) groups is 1. The highest BCUT2D eigenvalue weighted by atomic mass is 35.5. The number of fused-ring (bicyclic) bond motifs is 2. The van der Waals surface area contributed by atoms with E-state index in [-0.39, 0.29) is 29.3 Å². The van der Waals surface area contributed by atoms with Crippen molar-refractivity contribution >= 4 is 39.8 Å². The highest BCUT2D eigenvalue weighted by molar-refractivity contribution is 7.84. The molecule has 5 rings (SSSR count). The second-order valence-electron chi connectivity index (χ2n) is 11.2. The van der Waals surface area contributed by atoms with Gasteiger partial charge in [0, 0.05) is 47.0 Å².